The normalized spacial score (nSPS) is 11.7. The molecule has 5 aromatic rings. The highest BCUT2D eigenvalue weighted by Gasteiger charge is 2.24. The third-order valence-corrected chi connectivity index (χ3v) is 5.38. The summed E-state index contributed by atoms with van der Waals surface area (Å²) in [5.41, 5.74) is 6.89. The van der Waals surface area contributed by atoms with Gasteiger partial charge in [-0.3, -0.25) is 4.79 Å². The summed E-state index contributed by atoms with van der Waals surface area (Å²) in [6.07, 6.45) is 0. The van der Waals surface area contributed by atoms with Crippen molar-refractivity contribution in [3.05, 3.63) is 96.1 Å². The molecule has 6 rings (SSSR count). The molecule has 0 aliphatic heterocycles. The number of hydrogen-bond donors (Lipinski definition) is 0. The summed E-state index contributed by atoms with van der Waals surface area (Å²) in [7, 11) is 0. The van der Waals surface area contributed by atoms with E-state index in [1.165, 1.54) is 10.8 Å². The molecule has 0 amide bonds. The highest BCUT2D eigenvalue weighted by molar-refractivity contribution is 6.14. The number of benzene rings is 4. The summed E-state index contributed by atoms with van der Waals surface area (Å²) in [6, 6.07) is 27.4. The second-order valence-electron chi connectivity index (χ2n) is 7.03. The Morgan fingerprint density at radius 2 is 1.29 bits per heavy atom. The van der Waals surface area contributed by atoms with Crippen LogP contribution in [0.15, 0.2) is 84.9 Å². The lowest BCUT2D eigenvalue weighted by molar-refractivity contribution is 0.103. The van der Waals surface area contributed by atoms with Gasteiger partial charge in [0.1, 0.15) is 0 Å². The summed E-state index contributed by atoms with van der Waals surface area (Å²) < 4.78 is 0. The number of carbonyl (C=O) groups is 1. The first-order valence-electron chi connectivity index (χ1n) is 9.24. The van der Waals surface area contributed by atoms with E-state index in [1.807, 2.05) is 48.5 Å². The van der Waals surface area contributed by atoms with Gasteiger partial charge in [0.15, 0.2) is 5.78 Å². The Morgan fingerprint density at radius 3 is 2.00 bits per heavy atom. The van der Waals surface area contributed by atoms with Crippen LogP contribution >= 0.6 is 0 Å². The molecule has 0 saturated heterocycles. The molecule has 4 aromatic carbocycles. The molecule has 0 unspecified atom stereocenters. The van der Waals surface area contributed by atoms with Crippen LogP contribution in [0.5, 0.6) is 0 Å². The lowest BCUT2D eigenvalue weighted by Gasteiger charge is -2.06. The number of fused-ring (bicyclic) bond motifs is 4. The zero-order valence-corrected chi connectivity index (χ0v) is 14.9. The van der Waals surface area contributed by atoms with Gasteiger partial charge in [-0.15, -0.1) is 0 Å². The van der Waals surface area contributed by atoms with Crippen LogP contribution in [0.1, 0.15) is 15.9 Å². The average Bonchev–Trinajstić information content (AvgIpc) is 3.07. The average molecular weight is 358 g/mol. The van der Waals surface area contributed by atoms with Crippen molar-refractivity contribution in [2.75, 3.05) is 0 Å². The maximum absolute atomic E-state index is 12.8. The maximum Gasteiger partial charge on any atom is 0.193 e. The predicted octanol–water partition coefficient (Wildman–Crippen LogP) is 5.66. The second kappa shape index (κ2) is 5.57. The Balaban J connectivity index is 1.56. The zero-order valence-electron chi connectivity index (χ0n) is 14.9. The molecule has 0 saturated carbocycles. The van der Waals surface area contributed by atoms with Crippen LogP contribution in [0.3, 0.4) is 0 Å². The van der Waals surface area contributed by atoms with Gasteiger partial charge in [-0.25, -0.2) is 9.97 Å². The van der Waals surface area contributed by atoms with Crippen molar-refractivity contribution in [2.24, 2.45) is 0 Å². The molecular formula is C25H14N2O. The quantitative estimate of drug-likeness (QED) is 0.375. The lowest BCUT2D eigenvalue weighted by Crippen LogP contribution is -2.01. The van der Waals surface area contributed by atoms with Gasteiger partial charge in [0.05, 0.1) is 22.4 Å². The van der Waals surface area contributed by atoms with E-state index in [-0.39, 0.29) is 5.78 Å². The molecule has 28 heavy (non-hydrogen) atoms. The fourth-order valence-electron chi connectivity index (χ4n) is 4.06. The Morgan fingerprint density at radius 1 is 0.607 bits per heavy atom. The molecule has 0 N–H and O–H groups in total. The number of nitrogens with zero attached hydrogens (tertiary/aromatic N) is 2. The van der Waals surface area contributed by atoms with Gasteiger partial charge >= 0.3 is 0 Å². The highest BCUT2D eigenvalue weighted by Crippen LogP contribution is 2.45. The second-order valence-corrected chi connectivity index (χ2v) is 7.03. The van der Waals surface area contributed by atoms with E-state index in [4.69, 9.17) is 9.97 Å². The smallest absolute Gasteiger partial charge is 0.193 e. The molecule has 1 heterocycles. The third-order valence-electron chi connectivity index (χ3n) is 5.38. The van der Waals surface area contributed by atoms with Crippen molar-refractivity contribution in [1.82, 2.24) is 9.97 Å². The number of rotatable bonds is 2. The van der Waals surface area contributed by atoms with Gasteiger partial charge in [-0.2, -0.15) is 0 Å². The SMILES string of the molecule is O=C(c1ccccc1)c1ccc2nc3c(nc2c1)-c1cccc2cccc-3c12. The van der Waals surface area contributed by atoms with E-state index in [2.05, 4.69) is 36.4 Å². The summed E-state index contributed by atoms with van der Waals surface area (Å²) in [5, 5.41) is 2.40. The van der Waals surface area contributed by atoms with Gasteiger partial charge in [0.2, 0.25) is 0 Å². The highest BCUT2D eigenvalue weighted by atomic mass is 16.1. The van der Waals surface area contributed by atoms with Crippen molar-refractivity contribution in [3.63, 3.8) is 0 Å². The summed E-state index contributed by atoms with van der Waals surface area (Å²) in [4.78, 5) is 22.6. The lowest BCUT2D eigenvalue weighted by atomic mass is 10.0. The van der Waals surface area contributed by atoms with Crippen LogP contribution in [0.2, 0.25) is 0 Å². The minimum atomic E-state index is -0.00446. The fourth-order valence-corrected chi connectivity index (χ4v) is 4.06. The molecule has 0 atom stereocenters. The summed E-state index contributed by atoms with van der Waals surface area (Å²) in [6.45, 7) is 0. The number of hydrogen-bond acceptors (Lipinski definition) is 3. The van der Waals surface area contributed by atoms with Crippen molar-refractivity contribution in [2.45, 2.75) is 0 Å². The number of aromatic nitrogens is 2. The Labute approximate surface area is 161 Å². The standard InChI is InChI=1S/C25H14N2O/c28-25(16-6-2-1-3-7-16)17-12-13-20-21(14-17)27-24-19-11-5-9-15-8-4-10-18(22(15)19)23(24)26-20/h1-14H. The molecule has 0 spiro atoms. The fraction of sp³-hybridized carbons (Fsp3) is 0. The van der Waals surface area contributed by atoms with E-state index < -0.39 is 0 Å². The van der Waals surface area contributed by atoms with Crippen LogP contribution in [0, 0.1) is 0 Å². The first kappa shape index (κ1) is 15.2. The molecule has 3 heteroatoms. The van der Waals surface area contributed by atoms with Crippen molar-refractivity contribution >= 4 is 27.6 Å². The monoisotopic (exact) mass is 358 g/mol. The molecule has 1 aliphatic rings. The summed E-state index contributed by atoms with van der Waals surface area (Å²) >= 11 is 0. The molecule has 0 fully saturated rings. The molecule has 1 aliphatic carbocycles. The van der Waals surface area contributed by atoms with Crippen LogP contribution in [0.25, 0.3) is 44.3 Å². The Kier molecular flexibility index (Phi) is 3.03. The number of carbonyl (C=O) groups excluding carboxylic acids is 1. The molecule has 1 aromatic heterocycles. The van der Waals surface area contributed by atoms with Crippen molar-refractivity contribution in [3.8, 4) is 22.5 Å². The minimum Gasteiger partial charge on any atom is -0.289 e. The Bertz CT molecular complexity index is 1420. The molecule has 130 valence electrons. The van der Waals surface area contributed by atoms with Gasteiger partial charge < -0.3 is 0 Å². The molecule has 3 nitrogen and oxygen atoms in total. The van der Waals surface area contributed by atoms with E-state index in [0.717, 1.165) is 33.5 Å². The van der Waals surface area contributed by atoms with Crippen LogP contribution in [-0.4, -0.2) is 15.8 Å². The largest absolute Gasteiger partial charge is 0.289 e. The Hall–Kier alpha value is -3.85. The van der Waals surface area contributed by atoms with Gasteiger partial charge in [-0.05, 0) is 23.6 Å². The van der Waals surface area contributed by atoms with Crippen LogP contribution in [0.4, 0.5) is 0 Å². The van der Waals surface area contributed by atoms with Gasteiger partial charge in [0.25, 0.3) is 0 Å². The minimum absolute atomic E-state index is 0.00446. The van der Waals surface area contributed by atoms with E-state index in [1.54, 1.807) is 0 Å². The van der Waals surface area contributed by atoms with E-state index >= 15 is 0 Å². The van der Waals surface area contributed by atoms with Gasteiger partial charge in [0, 0.05) is 27.6 Å². The van der Waals surface area contributed by atoms with Crippen LogP contribution < -0.4 is 0 Å². The first-order chi connectivity index (χ1) is 13.8. The van der Waals surface area contributed by atoms with Crippen molar-refractivity contribution < 1.29 is 4.79 Å². The third kappa shape index (κ3) is 2.07. The van der Waals surface area contributed by atoms with E-state index in [0.29, 0.717) is 11.1 Å². The molecular weight excluding hydrogens is 344 g/mol. The number of ketones is 1. The zero-order chi connectivity index (χ0) is 18.7. The summed E-state index contributed by atoms with van der Waals surface area (Å²) in [5.74, 6) is -0.00446. The molecule has 0 bridgehead atoms. The maximum atomic E-state index is 12.8. The topological polar surface area (TPSA) is 42.9 Å². The first-order valence-corrected chi connectivity index (χ1v) is 9.24. The van der Waals surface area contributed by atoms with Crippen molar-refractivity contribution in [1.29, 1.82) is 0 Å². The van der Waals surface area contributed by atoms with Gasteiger partial charge in [-0.1, -0.05) is 66.7 Å². The predicted molar refractivity (Wildman–Crippen MR) is 111 cm³/mol. The molecule has 0 radical (unpaired) electrons. The van der Waals surface area contributed by atoms with E-state index in [9.17, 15) is 4.79 Å². The van der Waals surface area contributed by atoms with Crippen LogP contribution in [-0.2, 0) is 0 Å².